The van der Waals surface area contributed by atoms with Crippen LogP contribution in [0.1, 0.15) is 27.2 Å². The Morgan fingerprint density at radius 2 is 1.86 bits per heavy atom. The van der Waals surface area contributed by atoms with E-state index in [0.29, 0.717) is 6.42 Å². The number of amides is 1. The van der Waals surface area contributed by atoms with Gasteiger partial charge in [-0.3, -0.25) is 9.69 Å². The van der Waals surface area contributed by atoms with Crippen LogP contribution in [-0.4, -0.2) is 42.3 Å². The van der Waals surface area contributed by atoms with Crippen LogP contribution in [0.2, 0.25) is 0 Å². The van der Waals surface area contributed by atoms with Crippen molar-refractivity contribution in [3.63, 3.8) is 0 Å². The third-order valence-electron chi connectivity index (χ3n) is 2.57. The maximum atomic E-state index is 11.4. The summed E-state index contributed by atoms with van der Waals surface area (Å²) < 4.78 is 0. The van der Waals surface area contributed by atoms with Gasteiger partial charge >= 0.3 is 0 Å². The third-order valence-corrected chi connectivity index (χ3v) is 2.57. The molecule has 0 saturated heterocycles. The van der Waals surface area contributed by atoms with Crippen LogP contribution in [0.15, 0.2) is 0 Å². The highest BCUT2D eigenvalue weighted by Crippen LogP contribution is 2.12. The molecule has 0 aliphatic rings. The van der Waals surface area contributed by atoms with Crippen LogP contribution in [-0.2, 0) is 4.79 Å². The zero-order valence-electron chi connectivity index (χ0n) is 9.58. The summed E-state index contributed by atoms with van der Waals surface area (Å²) in [6.07, 6.45) is -0.0212. The Bertz CT molecular complexity index is 170. The molecule has 0 radical (unpaired) electrons. The zero-order chi connectivity index (χ0) is 11.1. The Kier molecular flexibility index (Phi) is 6.49. The van der Waals surface area contributed by atoms with Gasteiger partial charge in [0, 0.05) is 7.05 Å². The van der Waals surface area contributed by atoms with E-state index in [2.05, 4.69) is 5.32 Å². The van der Waals surface area contributed by atoms with E-state index in [1.54, 1.807) is 7.05 Å². The number of carbonyl (C=O) groups excluding carboxylic acids is 1. The minimum atomic E-state index is -0.671. The fourth-order valence-electron chi connectivity index (χ4n) is 1.57. The summed E-state index contributed by atoms with van der Waals surface area (Å²) in [5.74, 6) is -0.424. The van der Waals surface area contributed by atoms with Crippen molar-refractivity contribution in [1.82, 2.24) is 10.2 Å². The first-order chi connectivity index (χ1) is 6.62. The first-order valence-corrected chi connectivity index (χ1v) is 5.25. The van der Waals surface area contributed by atoms with Gasteiger partial charge in [0.15, 0.2) is 0 Å². The molecule has 0 aliphatic heterocycles. The summed E-state index contributed by atoms with van der Waals surface area (Å²) in [5.41, 5.74) is 0. The SMILES string of the molecule is CCC(C(=O)NC)C(O)N(CC)CC. The highest BCUT2D eigenvalue weighted by molar-refractivity contribution is 5.78. The second-order valence-electron chi connectivity index (χ2n) is 3.26. The monoisotopic (exact) mass is 202 g/mol. The molecule has 0 fully saturated rings. The van der Waals surface area contributed by atoms with E-state index in [9.17, 15) is 9.90 Å². The second kappa shape index (κ2) is 6.79. The van der Waals surface area contributed by atoms with Crippen molar-refractivity contribution in [2.45, 2.75) is 33.4 Å². The van der Waals surface area contributed by atoms with Crippen molar-refractivity contribution < 1.29 is 9.90 Å². The van der Waals surface area contributed by atoms with Gasteiger partial charge in [0.2, 0.25) is 5.91 Å². The first kappa shape index (κ1) is 13.4. The molecule has 4 nitrogen and oxygen atoms in total. The van der Waals surface area contributed by atoms with Gasteiger partial charge in [0.25, 0.3) is 0 Å². The van der Waals surface area contributed by atoms with E-state index >= 15 is 0 Å². The van der Waals surface area contributed by atoms with E-state index in [4.69, 9.17) is 0 Å². The van der Waals surface area contributed by atoms with Crippen molar-refractivity contribution in [2.24, 2.45) is 5.92 Å². The maximum Gasteiger partial charge on any atom is 0.226 e. The molecule has 2 atom stereocenters. The molecule has 0 spiro atoms. The van der Waals surface area contributed by atoms with Crippen molar-refractivity contribution >= 4 is 5.91 Å². The summed E-state index contributed by atoms with van der Waals surface area (Å²) >= 11 is 0. The van der Waals surface area contributed by atoms with Crippen LogP contribution < -0.4 is 5.32 Å². The Hall–Kier alpha value is -0.610. The molecule has 1 amide bonds. The topological polar surface area (TPSA) is 52.6 Å². The molecule has 0 aromatic rings. The van der Waals surface area contributed by atoms with Crippen LogP contribution >= 0.6 is 0 Å². The molecule has 0 heterocycles. The highest BCUT2D eigenvalue weighted by atomic mass is 16.3. The fraction of sp³-hybridized carbons (Fsp3) is 0.900. The van der Waals surface area contributed by atoms with Crippen LogP contribution in [0.25, 0.3) is 0 Å². The summed E-state index contributed by atoms with van der Waals surface area (Å²) in [5, 5.41) is 12.5. The Balaban J connectivity index is 4.42. The highest BCUT2D eigenvalue weighted by Gasteiger charge is 2.27. The molecule has 0 aromatic carbocycles. The minimum absolute atomic E-state index is 0.0908. The standard InChI is InChI=1S/C10H22N2O2/c1-5-8(9(13)11-4)10(14)12(6-2)7-3/h8,10,14H,5-7H2,1-4H3,(H,11,13). The summed E-state index contributed by atoms with van der Waals surface area (Å²) in [6, 6.07) is 0. The van der Waals surface area contributed by atoms with E-state index in [0.717, 1.165) is 13.1 Å². The number of nitrogens with one attached hydrogen (secondary N) is 1. The van der Waals surface area contributed by atoms with Crippen molar-refractivity contribution in [3.8, 4) is 0 Å². The van der Waals surface area contributed by atoms with Gasteiger partial charge in [-0.2, -0.15) is 0 Å². The normalized spacial score (nSPS) is 15.3. The largest absolute Gasteiger partial charge is 0.378 e. The molecule has 4 heteroatoms. The lowest BCUT2D eigenvalue weighted by Crippen LogP contribution is -2.46. The van der Waals surface area contributed by atoms with Gasteiger partial charge in [-0.1, -0.05) is 20.8 Å². The van der Waals surface area contributed by atoms with Gasteiger partial charge < -0.3 is 10.4 Å². The molecule has 84 valence electrons. The van der Waals surface area contributed by atoms with Gasteiger partial charge in [-0.25, -0.2) is 0 Å². The minimum Gasteiger partial charge on any atom is -0.378 e. The molecular formula is C10H22N2O2. The number of hydrogen-bond donors (Lipinski definition) is 2. The predicted molar refractivity (Wildman–Crippen MR) is 56.8 cm³/mol. The third kappa shape index (κ3) is 3.27. The lowest BCUT2D eigenvalue weighted by molar-refractivity contribution is -0.134. The Morgan fingerprint density at radius 1 is 1.36 bits per heavy atom. The number of nitrogens with zero attached hydrogens (tertiary/aromatic N) is 1. The molecule has 2 unspecified atom stereocenters. The quantitative estimate of drug-likeness (QED) is 0.614. The lowest BCUT2D eigenvalue weighted by Gasteiger charge is -2.30. The van der Waals surface area contributed by atoms with Crippen LogP contribution in [0.3, 0.4) is 0 Å². The van der Waals surface area contributed by atoms with E-state index in [-0.39, 0.29) is 11.8 Å². The van der Waals surface area contributed by atoms with E-state index in [1.165, 1.54) is 0 Å². The van der Waals surface area contributed by atoms with Crippen LogP contribution in [0.4, 0.5) is 0 Å². The Morgan fingerprint density at radius 3 is 2.14 bits per heavy atom. The zero-order valence-corrected chi connectivity index (χ0v) is 9.58. The molecule has 0 aliphatic carbocycles. The number of aliphatic hydroxyl groups excluding tert-OH is 1. The molecule has 0 aromatic heterocycles. The molecule has 14 heavy (non-hydrogen) atoms. The first-order valence-electron chi connectivity index (χ1n) is 5.25. The van der Waals surface area contributed by atoms with Crippen molar-refractivity contribution in [3.05, 3.63) is 0 Å². The number of hydrogen-bond acceptors (Lipinski definition) is 3. The van der Waals surface area contributed by atoms with Crippen molar-refractivity contribution in [1.29, 1.82) is 0 Å². The van der Waals surface area contributed by atoms with Crippen molar-refractivity contribution in [2.75, 3.05) is 20.1 Å². The van der Waals surface area contributed by atoms with E-state index < -0.39 is 6.23 Å². The Labute approximate surface area is 86.3 Å². The molecule has 2 N–H and O–H groups in total. The van der Waals surface area contributed by atoms with Gasteiger partial charge in [-0.05, 0) is 19.5 Å². The van der Waals surface area contributed by atoms with E-state index in [1.807, 2.05) is 25.7 Å². The van der Waals surface area contributed by atoms with Gasteiger partial charge in [0.05, 0.1) is 5.92 Å². The fourth-order valence-corrected chi connectivity index (χ4v) is 1.57. The molecular weight excluding hydrogens is 180 g/mol. The molecule has 0 saturated carbocycles. The lowest BCUT2D eigenvalue weighted by atomic mass is 10.0. The number of carbonyl (C=O) groups is 1. The maximum absolute atomic E-state index is 11.4. The van der Waals surface area contributed by atoms with Crippen LogP contribution in [0, 0.1) is 5.92 Å². The number of rotatable bonds is 6. The van der Waals surface area contributed by atoms with Crippen LogP contribution in [0.5, 0.6) is 0 Å². The van der Waals surface area contributed by atoms with Gasteiger partial charge in [-0.15, -0.1) is 0 Å². The summed E-state index contributed by atoms with van der Waals surface area (Å²) in [6.45, 7) is 7.37. The average Bonchev–Trinajstić information content (AvgIpc) is 2.20. The molecule has 0 rings (SSSR count). The van der Waals surface area contributed by atoms with Gasteiger partial charge in [0.1, 0.15) is 6.23 Å². The summed E-state index contributed by atoms with van der Waals surface area (Å²) in [4.78, 5) is 13.3. The average molecular weight is 202 g/mol. The predicted octanol–water partition coefficient (Wildman–Crippen LogP) is 0.419. The molecule has 0 bridgehead atoms. The smallest absolute Gasteiger partial charge is 0.226 e. The second-order valence-corrected chi connectivity index (χ2v) is 3.26. The summed E-state index contributed by atoms with van der Waals surface area (Å²) in [7, 11) is 1.60. The number of aliphatic hydroxyl groups is 1.